The molecular formula is C15H21F2O5PS. The Kier molecular flexibility index (Phi) is 8.36. The lowest BCUT2D eigenvalue weighted by molar-refractivity contribution is -0.142. The molecule has 0 radical (unpaired) electrons. The van der Waals surface area contributed by atoms with E-state index in [1.165, 1.54) is 26.0 Å². The molecule has 136 valence electrons. The van der Waals surface area contributed by atoms with Crippen molar-refractivity contribution in [3.8, 4) is 0 Å². The molecule has 0 spiro atoms. The molecule has 0 aliphatic heterocycles. The van der Waals surface area contributed by atoms with Gasteiger partial charge in [-0.25, -0.2) is 0 Å². The van der Waals surface area contributed by atoms with Crippen LogP contribution in [0.2, 0.25) is 0 Å². The van der Waals surface area contributed by atoms with E-state index >= 15 is 0 Å². The van der Waals surface area contributed by atoms with Crippen LogP contribution in [0.5, 0.6) is 0 Å². The first kappa shape index (κ1) is 21.1. The summed E-state index contributed by atoms with van der Waals surface area (Å²) in [5.74, 6) is -0.840. The summed E-state index contributed by atoms with van der Waals surface area (Å²) >= 11 is -0.0860. The Morgan fingerprint density at radius 2 is 1.67 bits per heavy atom. The molecule has 0 aromatic heterocycles. The number of esters is 1. The van der Waals surface area contributed by atoms with Crippen LogP contribution in [0.1, 0.15) is 31.6 Å². The number of hydrogen-bond acceptors (Lipinski definition) is 6. The molecule has 0 saturated carbocycles. The maximum absolute atomic E-state index is 14.6. The van der Waals surface area contributed by atoms with E-state index in [2.05, 4.69) is 0 Å². The van der Waals surface area contributed by atoms with Crippen molar-refractivity contribution in [1.82, 2.24) is 0 Å². The maximum atomic E-state index is 14.6. The highest BCUT2D eigenvalue weighted by atomic mass is 32.2. The van der Waals surface area contributed by atoms with Crippen LogP contribution in [0.25, 0.3) is 0 Å². The minimum Gasteiger partial charge on any atom is -0.465 e. The van der Waals surface area contributed by atoms with Crippen LogP contribution in [0, 0.1) is 0 Å². The minimum absolute atomic E-state index is 0.0445. The van der Waals surface area contributed by atoms with Gasteiger partial charge in [0, 0.05) is 0 Å². The van der Waals surface area contributed by atoms with Crippen LogP contribution in [0.4, 0.5) is 8.78 Å². The van der Waals surface area contributed by atoms with Crippen molar-refractivity contribution in [3.05, 3.63) is 35.9 Å². The topological polar surface area (TPSA) is 61.8 Å². The monoisotopic (exact) mass is 382 g/mol. The Morgan fingerprint density at radius 3 is 2.12 bits per heavy atom. The molecule has 0 heterocycles. The van der Waals surface area contributed by atoms with Crippen LogP contribution in [0.15, 0.2) is 30.3 Å². The second-order valence-corrected chi connectivity index (χ2v) is 8.08. The highest BCUT2D eigenvalue weighted by Crippen LogP contribution is 2.68. The number of alkyl halides is 2. The minimum atomic E-state index is -4.73. The van der Waals surface area contributed by atoms with Gasteiger partial charge in [-0.05, 0) is 26.3 Å². The number of benzene rings is 1. The lowest BCUT2D eigenvalue weighted by Crippen LogP contribution is -2.22. The Labute approximate surface area is 144 Å². The summed E-state index contributed by atoms with van der Waals surface area (Å²) in [6.07, 6.45) is 0. The largest absolute Gasteiger partial charge is 0.465 e. The molecule has 0 bridgehead atoms. The van der Waals surface area contributed by atoms with Gasteiger partial charge in [-0.15, -0.1) is 0 Å². The smallest absolute Gasteiger partial charge is 0.410 e. The molecule has 0 fully saturated rings. The average molecular weight is 382 g/mol. The highest BCUT2D eigenvalue weighted by molar-refractivity contribution is 8.06. The summed E-state index contributed by atoms with van der Waals surface area (Å²) in [5.41, 5.74) is 0.320. The predicted molar refractivity (Wildman–Crippen MR) is 89.2 cm³/mol. The third-order valence-electron chi connectivity index (χ3n) is 2.78. The van der Waals surface area contributed by atoms with Crippen molar-refractivity contribution in [2.45, 2.75) is 31.0 Å². The maximum Gasteiger partial charge on any atom is 0.410 e. The van der Waals surface area contributed by atoms with Gasteiger partial charge in [-0.2, -0.15) is 8.78 Å². The predicted octanol–water partition coefficient (Wildman–Crippen LogP) is 4.84. The zero-order valence-corrected chi connectivity index (χ0v) is 15.4. The van der Waals surface area contributed by atoms with E-state index in [0.29, 0.717) is 5.56 Å². The van der Waals surface area contributed by atoms with Crippen LogP contribution >= 0.6 is 19.4 Å². The number of carbonyl (C=O) groups is 1. The molecule has 1 rings (SSSR count). The number of hydrogen-bond donors (Lipinski definition) is 0. The SMILES string of the molecule is CCOC(=O)C(SC(F)(F)P(=O)(OCC)OCC)c1ccccc1. The van der Waals surface area contributed by atoms with Gasteiger partial charge in [0.15, 0.2) is 0 Å². The van der Waals surface area contributed by atoms with Gasteiger partial charge < -0.3 is 13.8 Å². The second-order valence-electron chi connectivity index (χ2n) is 4.48. The molecule has 24 heavy (non-hydrogen) atoms. The van der Waals surface area contributed by atoms with Gasteiger partial charge in [0.25, 0.3) is 0 Å². The molecule has 1 atom stereocenters. The lowest BCUT2D eigenvalue weighted by Gasteiger charge is -2.27. The van der Waals surface area contributed by atoms with Crippen molar-refractivity contribution in [2.24, 2.45) is 0 Å². The number of thioether (sulfide) groups is 1. The van der Waals surface area contributed by atoms with Crippen LogP contribution < -0.4 is 0 Å². The molecule has 1 aromatic carbocycles. The average Bonchev–Trinajstić information content (AvgIpc) is 2.54. The van der Waals surface area contributed by atoms with Crippen molar-refractivity contribution in [3.63, 3.8) is 0 Å². The fraction of sp³-hybridized carbons (Fsp3) is 0.533. The van der Waals surface area contributed by atoms with E-state index in [0.717, 1.165) is 0 Å². The molecule has 0 N–H and O–H groups in total. The Bertz CT molecular complexity index is 560. The molecule has 5 nitrogen and oxygen atoms in total. The summed E-state index contributed by atoms with van der Waals surface area (Å²) in [5, 5.41) is -1.35. The van der Waals surface area contributed by atoms with E-state index in [4.69, 9.17) is 13.8 Å². The molecule has 1 aromatic rings. The summed E-state index contributed by atoms with van der Waals surface area (Å²) in [6, 6.07) is 7.98. The number of ether oxygens (including phenoxy) is 1. The number of carbonyl (C=O) groups excluding carboxylic acids is 1. The zero-order chi connectivity index (χ0) is 18.2. The van der Waals surface area contributed by atoms with Crippen molar-refractivity contribution >= 4 is 25.3 Å². The first-order valence-corrected chi connectivity index (χ1v) is 9.90. The molecular weight excluding hydrogens is 361 g/mol. The lowest BCUT2D eigenvalue weighted by atomic mass is 10.1. The van der Waals surface area contributed by atoms with Crippen molar-refractivity contribution < 1.29 is 31.9 Å². The molecule has 0 aliphatic carbocycles. The van der Waals surface area contributed by atoms with Gasteiger partial charge in [-0.1, -0.05) is 42.1 Å². The third-order valence-corrected chi connectivity index (χ3v) is 6.58. The van der Waals surface area contributed by atoms with Crippen LogP contribution in [-0.2, 0) is 23.1 Å². The van der Waals surface area contributed by atoms with Gasteiger partial charge in [0.2, 0.25) is 0 Å². The zero-order valence-electron chi connectivity index (χ0n) is 13.7. The summed E-state index contributed by atoms with van der Waals surface area (Å²) in [7, 11) is -4.73. The normalized spacial score (nSPS) is 13.5. The summed E-state index contributed by atoms with van der Waals surface area (Å²) in [6.45, 7) is 4.08. The van der Waals surface area contributed by atoms with E-state index in [1.54, 1.807) is 25.1 Å². The molecule has 0 amide bonds. The second kappa shape index (κ2) is 9.51. The van der Waals surface area contributed by atoms with Gasteiger partial charge in [0.05, 0.1) is 19.8 Å². The summed E-state index contributed by atoms with van der Waals surface area (Å²) in [4.78, 5) is 8.21. The molecule has 0 aliphatic rings. The summed E-state index contributed by atoms with van der Waals surface area (Å²) < 4.78 is 56.0. The van der Waals surface area contributed by atoms with E-state index in [1.807, 2.05) is 0 Å². The van der Waals surface area contributed by atoms with E-state index in [-0.39, 0.29) is 31.6 Å². The van der Waals surface area contributed by atoms with Gasteiger partial charge >= 0.3 is 18.6 Å². The molecule has 0 saturated heterocycles. The number of rotatable bonds is 10. The quantitative estimate of drug-likeness (QED) is 0.426. The Morgan fingerprint density at radius 1 is 1.12 bits per heavy atom. The molecule has 1 unspecified atom stereocenters. The third kappa shape index (κ3) is 5.28. The van der Waals surface area contributed by atoms with Gasteiger partial charge in [-0.3, -0.25) is 9.36 Å². The van der Waals surface area contributed by atoms with Crippen LogP contribution in [0.3, 0.4) is 0 Å². The van der Waals surface area contributed by atoms with Crippen molar-refractivity contribution in [2.75, 3.05) is 19.8 Å². The fourth-order valence-electron chi connectivity index (χ4n) is 1.83. The first-order valence-electron chi connectivity index (χ1n) is 7.47. The Balaban J connectivity index is 3.15. The van der Waals surface area contributed by atoms with Crippen LogP contribution in [-0.4, -0.2) is 30.8 Å². The number of halogens is 2. The standard InChI is InChI=1S/C15H21F2O5PS/c1-4-20-14(18)13(12-10-8-7-9-11-12)24-15(16,17)23(19,21-5-2)22-6-3/h7-11,13H,4-6H2,1-3H3. The van der Waals surface area contributed by atoms with E-state index in [9.17, 15) is 18.1 Å². The molecule has 9 heteroatoms. The highest BCUT2D eigenvalue weighted by Gasteiger charge is 2.56. The van der Waals surface area contributed by atoms with Crippen molar-refractivity contribution in [1.29, 1.82) is 0 Å². The van der Waals surface area contributed by atoms with Gasteiger partial charge in [0.1, 0.15) is 5.25 Å². The Hall–Kier alpha value is -0.950. The first-order chi connectivity index (χ1) is 11.3. The fourth-order valence-corrected chi connectivity index (χ4v) is 4.78. The van der Waals surface area contributed by atoms with E-state index < -0.39 is 23.8 Å².